The summed E-state index contributed by atoms with van der Waals surface area (Å²) in [5, 5.41) is 10.8. The molecule has 1 aromatic heterocycles. The first kappa shape index (κ1) is 13.1. The Bertz CT molecular complexity index is 457. The molecule has 0 aromatic carbocycles. The van der Waals surface area contributed by atoms with Gasteiger partial charge < -0.3 is 4.74 Å². The molecule has 0 N–H and O–H groups in total. The van der Waals surface area contributed by atoms with E-state index in [-0.39, 0.29) is 17.9 Å². The van der Waals surface area contributed by atoms with Gasteiger partial charge in [-0.1, -0.05) is 6.92 Å². The first-order valence-corrected chi connectivity index (χ1v) is 5.33. The van der Waals surface area contributed by atoms with Crippen LogP contribution in [0.15, 0.2) is 6.07 Å². The first-order chi connectivity index (χ1) is 8.01. The van der Waals surface area contributed by atoms with Crippen molar-refractivity contribution < 1.29 is 14.5 Å². The van der Waals surface area contributed by atoms with Crippen molar-refractivity contribution in [3.05, 3.63) is 33.1 Å². The van der Waals surface area contributed by atoms with Gasteiger partial charge in [0.25, 0.3) is 5.69 Å². The van der Waals surface area contributed by atoms with Gasteiger partial charge in [0.1, 0.15) is 5.69 Å². The fourth-order valence-electron chi connectivity index (χ4n) is 1.48. The lowest BCUT2D eigenvalue weighted by Crippen LogP contribution is -2.11. The molecule has 0 saturated carbocycles. The second-order valence-electron chi connectivity index (χ2n) is 3.42. The molecular weight excluding hydrogens is 224 g/mol. The summed E-state index contributed by atoms with van der Waals surface area (Å²) in [6.45, 7) is 5.28. The van der Waals surface area contributed by atoms with Gasteiger partial charge in [0.15, 0.2) is 0 Å². The molecule has 0 aliphatic rings. The highest BCUT2D eigenvalue weighted by atomic mass is 16.6. The van der Waals surface area contributed by atoms with Gasteiger partial charge in [-0.3, -0.25) is 15.1 Å². The molecule has 0 fully saturated rings. The number of rotatable bonds is 4. The van der Waals surface area contributed by atoms with Crippen LogP contribution >= 0.6 is 0 Å². The normalized spacial score (nSPS) is 10.1. The number of hydrogen-bond acceptors (Lipinski definition) is 5. The fraction of sp³-hybridized carbons (Fsp3) is 0.455. The third-order valence-electron chi connectivity index (χ3n) is 2.29. The molecule has 17 heavy (non-hydrogen) atoms. The smallest absolute Gasteiger partial charge is 0.340 e. The highest BCUT2D eigenvalue weighted by Crippen LogP contribution is 2.21. The third kappa shape index (κ3) is 2.77. The summed E-state index contributed by atoms with van der Waals surface area (Å²) < 4.78 is 4.84. The van der Waals surface area contributed by atoms with Crippen LogP contribution in [0, 0.1) is 17.0 Å². The zero-order valence-corrected chi connectivity index (χ0v) is 10.0. The van der Waals surface area contributed by atoms with Crippen LogP contribution in [0.3, 0.4) is 0 Å². The van der Waals surface area contributed by atoms with Gasteiger partial charge in [-0.05, 0) is 20.3 Å². The maximum atomic E-state index is 11.6. The number of pyridine rings is 1. The maximum Gasteiger partial charge on any atom is 0.340 e. The van der Waals surface area contributed by atoms with E-state index in [0.29, 0.717) is 17.8 Å². The molecule has 0 aliphatic carbocycles. The Kier molecular flexibility index (Phi) is 4.14. The molecule has 1 rings (SSSR count). The lowest BCUT2D eigenvalue weighted by atomic mass is 10.1. The molecule has 0 unspecified atom stereocenters. The van der Waals surface area contributed by atoms with Crippen LogP contribution in [-0.2, 0) is 11.2 Å². The van der Waals surface area contributed by atoms with Gasteiger partial charge in [0, 0.05) is 6.07 Å². The minimum Gasteiger partial charge on any atom is -0.462 e. The number of nitrogens with zero attached hydrogens (tertiary/aromatic N) is 2. The minimum atomic E-state index is -0.569. The molecular formula is C11H14N2O4. The summed E-state index contributed by atoms with van der Waals surface area (Å²) in [5.41, 5.74) is 0.836. The fourth-order valence-corrected chi connectivity index (χ4v) is 1.48. The van der Waals surface area contributed by atoms with E-state index in [9.17, 15) is 14.9 Å². The first-order valence-electron chi connectivity index (χ1n) is 5.33. The van der Waals surface area contributed by atoms with Crippen molar-refractivity contribution in [2.45, 2.75) is 27.2 Å². The van der Waals surface area contributed by atoms with Crippen LogP contribution in [0.5, 0.6) is 0 Å². The molecule has 6 nitrogen and oxygen atoms in total. The molecule has 1 aromatic rings. The van der Waals surface area contributed by atoms with Gasteiger partial charge in [0.05, 0.1) is 22.8 Å². The monoisotopic (exact) mass is 238 g/mol. The van der Waals surface area contributed by atoms with Crippen LogP contribution in [0.4, 0.5) is 5.69 Å². The Labute approximate surface area is 98.8 Å². The van der Waals surface area contributed by atoms with E-state index >= 15 is 0 Å². The summed E-state index contributed by atoms with van der Waals surface area (Å²) in [7, 11) is 0. The van der Waals surface area contributed by atoms with Gasteiger partial charge >= 0.3 is 5.97 Å². The van der Waals surface area contributed by atoms with Crippen molar-refractivity contribution in [3.8, 4) is 0 Å². The van der Waals surface area contributed by atoms with Gasteiger partial charge in [-0.25, -0.2) is 4.79 Å². The third-order valence-corrected chi connectivity index (χ3v) is 2.29. The van der Waals surface area contributed by atoms with Crippen molar-refractivity contribution in [2.24, 2.45) is 0 Å². The quantitative estimate of drug-likeness (QED) is 0.455. The molecule has 0 bridgehead atoms. The van der Waals surface area contributed by atoms with E-state index < -0.39 is 10.9 Å². The Hall–Kier alpha value is -1.98. The molecule has 0 atom stereocenters. The number of ether oxygens (including phenoxy) is 1. The number of carbonyl (C=O) groups is 1. The zero-order chi connectivity index (χ0) is 13.0. The average Bonchev–Trinajstić information content (AvgIpc) is 2.28. The lowest BCUT2D eigenvalue weighted by molar-refractivity contribution is -0.385. The Morgan fingerprint density at radius 3 is 2.65 bits per heavy atom. The van der Waals surface area contributed by atoms with Crippen molar-refractivity contribution >= 4 is 11.7 Å². The molecule has 0 aliphatic heterocycles. The van der Waals surface area contributed by atoms with E-state index in [1.807, 2.05) is 6.92 Å². The number of hydrogen-bond donors (Lipinski definition) is 0. The van der Waals surface area contributed by atoms with E-state index in [4.69, 9.17) is 4.74 Å². The maximum absolute atomic E-state index is 11.6. The van der Waals surface area contributed by atoms with E-state index in [1.54, 1.807) is 13.8 Å². The molecule has 0 amide bonds. The average molecular weight is 238 g/mol. The topological polar surface area (TPSA) is 82.3 Å². The summed E-state index contributed by atoms with van der Waals surface area (Å²) in [6, 6.07) is 1.24. The van der Waals surface area contributed by atoms with Crippen LogP contribution < -0.4 is 0 Å². The number of carbonyl (C=O) groups excluding carboxylic acids is 1. The SMILES string of the molecule is CCOC(=O)c1cc([N+](=O)[O-])c(C)nc1CC. The van der Waals surface area contributed by atoms with Crippen molar-refractivity contribution in [2.75, 3.05) is 6.61 Å². The molecule has 0 spiro atoms. The van der Waals surface area contributed by atoms with Crippen LogP contribution in [0.2, 0.25) is 0 Å². The number of aromatic nitrogens is 1. The summed E-state index contributed by atoms with van der Waals surface area (Å²) in [5.74, 6) is -0.569. The Morgan fingerprint density at radius 2 is 2.18 bits per heavy atom. The number of aryl methyl sites for hydroxylation is 2. The summed E-state index contributed by atoms with van der Waals surface area (Å²) >= 11 is 0. The largest absolute Gasteiger partial charge is 0.462 e. The van der Waals surface area contributed by atoms with Gasteiger partial charge in [0.2, 0.25) is 0 Å². The lowest BCUT2D eigenvalue weighted by Gasteiger charge is -2.07. The summed E-state index contributed by atoms with van der Waals surface area (Å²) in [6.07, 6.45) is 0.521. The van der Waals surface area contributed by atoms with E-state index in [0.717, 1.165) is 0 Å². The highest BCUT2D eigenvalue weighted by Gasteiger charge is 2.21. The van der Waals surface area contributed by atoms with E-state index in [2.05, 4.69) is 4.98 Å². The van der Waals surface area contributed by atoms with Crippen molar-refractivity contribution in [3.63, 3.8) is 0 Å². The highest BCUT2D eigenvalue weighted by molar-refractivity contribution is 5.91. The predicted octanol–water partition coefficient (Wildman–Crippen LogP) is 2.04. The Morgan fingerprint density at radius 1 is 1.53 bits per heavy atom. The molecule has 1 heterocycles. The number of esters is 1. The summed E-state index contributed by atoms with van der Waals surface area (Å²) in [4.78, 5) is 25.9. The van der Waals surface area contributed by atoms with Crippen LogP contribution in [0.1, 0.15) is 35.6 Å². The van der Waals surface area contributed by atoms with Crippen LogP contribution in [-0.4, -0.2) is 22.5 Å². The van der Waals surface area contributed by atoms with Gasteiger partial charge in [-0.15, -0.1) is 0 Å². The molecule has 6 heteroatoms. The Balaban J connectivity index is 3.31. The zero-order valence-electron chi connectivity index (χ0n) is 10.0. The second-order valence-corrected chi connectivity index (χ2v) is 3.42. The molecule has 92 valence electrons. The van der Waals surface area contributed by atoms with Crippen molar-refractivity contribution in [1.29, 1.82) is 0 Å². The molecule has 0 radical (unpaired) electrons. The second kappa shape index (κ2) is 5.38. The minimum absolute atomic E-state index is 0.162. The molecule has 0 saturated heterocycles. The standard InChI is InChI=1S/C11H14N2O4/c1-4-9-8(11(14)17-5-2)6-10(13(15)16)7(3)12-9/h6H,4-5H2,1-3H3. The van der Waals surface area contributed by atoms with Crippen molar-refractivity contribution in [1.82, 2.24) is 4.98 Å². The van der Waals surface area contributed by atoms with Crippen LogP contribution in [0.25, 0.3) is 0 Å². The predicted molar refractivity (Wildman–Crippen MR) is 61.0 cm³/mol. The number of nitro groups is 1. The van der Waals surface area contributed by atoms with E-state index in [1.165, 1.54) is 6.07 Å². The van der Waals surface area contributed by atoms with Gasteiger partial charge in [-0.2, -0.15) is 0 Å².